The molecule has 0 saturated heterocycles. The van der Waals surface area contributed by atoms with E-state index in [1.54, 1.807) is 18.3 Å². The molecule has 2 aromatic heterocycles. The van der Waals surface area contributed by atoms with Crippen molar-refractivity contribution in [3.05, 3.63) is 71.6 Å². The molecule has 0 bridgehead atoms. The van der Waals surface area contributed by atoms with Crippen molar-refractivity contribution in [3.8, 4) is 17.0 Å². The van der Waals surface area contributed by atoms with Gasteiger partial charge >= 0.3 is 0 Å². The summed E-state index contributed by atoms with van der Waals surface area (Å²) in [7, 11) is 0. The molecule has 6 heteroatoms. The maximum Gasteiger partial charge on any atom is 0.178 e. The quantitative estimate of drug-likeness (QED) is 0.461. The van der Waals surface area contributed by atoms with Gasteiger partial charge in [-0.2, -0.15) is 0 Å². The van der Waals surface area contributed by atoms with Gasteiger partial charge in [-0.05, 0) is 36.1 Å². The molecular formula is C22H22N2O3S. The Balaban J connectivity index is 1.36. The Labute approximate surface area is 167 Å². The van der Waals surface area contributed by atoms with E-state index in [4.69, 9.17) is 9.26 Å². The van der Waals surface area contributed by atoms with Gasteiger partial charge in [0, 0.05) is 18.7 Å². The number of ether oxygens (including phenoxy) is 1. The Kier molecular flexibility index (Phi) is 5.43. The summed E-state index contributed by atoms with van der Waals surface area (Å²) in [6.07, 6.45) is 0. The monoisotopic (exact) mass is 394 g/mol. The highest BCUT2D eigenvalue weighted by Gasteiger charge is 2.21. The van der Waals surface area contributed by atoms with Crippen LogP contribution in [0.3, 0.4) is 0 Å². The largest absolute Gasteiger partial charge is 0.491 e. The standard InChI is InChI=1S/C22H22N2O3S/c1-22(25,14-23-13-16-6-3-2-4-7-16)15-26-18-9-5-8-17(12-18)20-21-19(27-24-20)10-11-28-21/h2-12,23,25H,13-15H2,1H3. The van der Waals surface area contributed by atoms with Gasteiger partial charge in [-0.15, -0.1) is 11.3 Å². The minimum absolute atomic E-state index is 0.186. The molecule has 0 amide bonds. The molecule has 0 spiro atoms. The van der Waals surface area contributed by atoms with Crippen LogP contribution in [0.15, 0.2) is 70.6 Å². The van der Waals surface area contributed by atoms with Crippen LogP contribution in [0.2, 0.25) is 0 Å². The molecule has 144 valence electrons. The summed E-state index contributed by atoms with van der Waals surface area (Å²) in [5.41, 5.74) is 2.73. The molecule has 28 heavy (non-hydrogen) atoms. The summed E-state index contributed by atoms with van der Waals surface area (Å²) >= 11 is 1.60. The maximum absolute atomic E-state index is 10.6. The molecule has 4 aromatic rings. The summed E-state index contributed by atoms with van der Waals surface area (Å²) < 4.78 is 12.2. The van der Waals surface area contributed by atoms with Gasteiger partial charge in [-0.3, -0.25) is 0 Å². The first kappa shape index (κ1) is 18.7. The van der Waals surface area contributed by atoms with Gasteiger partial charge in [0.1, 0.15) is 28.4 Å². The van der Waals surface area contributed by atoms with E-state index in [1.807, 2.05) is 53.9 Å². The summed E-state index contributed by atoms with van der Waals surface area (Å²) in [4.78, 5) is 0. The summed E-state index contributed by atoms with van der Waals surface area (Å²) in [5, 5.41) is 20.0. The molecule has 0 aliphatic carbocycles. The van der Waals surface area contributed by atoms with E-state index in [9.17, 15) is 5.11 Å². The first-order chi connectivity index (χ1) is 13.6. The molecule has 2 N–H and O–H groups in total. The number of aromatic nitrogens is 1. The summed E-state index contributed by atoms with van der Waals surface area (Å²) in [5.74, 6) is 0.688. The first-order valence-corrected chi connectivity index (χ1v) is 10.0. The van der Waals surface area contributed by atoms with E-state index >= 15 is 0 Å². The highest BCUT2D eigenvalue weighted by Crippen LogP contribution is 2.33. The van der Waals surface area contributed by atoms with Crippen molar-refractivity contribution in [2.75, 3.05) is 13.2 Å². The minimum Gasteiger partial charge on any atom is -0.491 e. The lowest BCUT2D eigenvalue weighted by atomic mass is 10.1. The van der Waals surface area contributed by atoms with E-state index in [0.717, 1.165) is 21.5 Å². The Morgan fingerprint density at radius 2 is 2.00 bits per heavy atom. The van der Waals surface area contributed by atoms with E-state index in [-0.39, 0.29) is 6.61 Å². The van der Waals surface area contributed by atoms with Crippen LogP contribution < -0.4 is 10.1 Å². The molecule has 2 aromatic carbocycles. The van der Waals surface area contributed by atoms with E-state index < -0.39 is 5.60 Å². The molecule has 0 aliphatic rings. The van der Waals surface area contributed by atoms with Crippen molar-refractivity contribution < 1.29 is 14.4 Å². The van der Waals surface area contributed by atoms with Crippen molar-refractivity contribution in [2.45, 2.75) is 19.1 Å². The molecule has 1 unspecified atom stereocenters. The van der Waals surface area contributed by atoms with Gasteiger partial charge in [-0.25, -0.2) is 0 Å². The zero-order valence-electron chi connectivity index (χ0n) is 15.6. The molecule has 1 atom stereocenters. The van der Waals surface area contributed by atoms with E-state index in [1.165, 1.54) is 5.56 Å². The predicted molar refractivity (Wildman–Crippen MR) is 112 cm³/mol. The second-order valence-corrected chi connectivity index (χ2v) is 7.96. The first-order valence-electron chi connectivity index (χ1n) is 9.14. The van der Waals surface area contributed by atoms with Gasteiger partial charge in [0.2, 0.25) is 0 Å². The number of hydrogen-bond acceptors (Lipinski definition) is 6. The second kappa shape index (κ2) is 8.14. The van der Waals surface area contributed by atoms with E-state index in [0.29, 0.717) is 18.8 Å². The third-order valence-corrected chi connectivity index (χ3v) is 5.32. The molecule has 2 heterocycles. The average Bonchev–Trinajstić information content (AvgIpc) is 3.31. The number of benzene rings is 2. The van der Waals surface area contributed by atoms with Gasteiger partial charge in [-0.1, -0.05) is 47.6 Å². The van der Waals surface area contributed by atoms with E-state index in [2.05, 4.69) is 22.6 Å². The zero-order chi connectivity index (χ0) is 19.4. The van der Waals surface area contributed by atoms with Crippen LogP contribution in [-0.4, -0.2) is 29.0 Å². The fourth-order valence-electron chi connectivity index (χ4n) is 2.96. The van der Waals surface area contributed by atoms with Crippen LogP contribution in [-0.2, 0) is 6.54 Å². The third-order valence-electron chi connectivity index (χ3n) is 4.41. The summed E-state index contributed by atoms with van der Waals surface area (Å²) in [6, 6.07) is 19.7. The zero-order valence-corrected chi connectivity index (χ0v) is 16.4. The van der Waals surface area contributed by atoms with Crippen molar-refractivity contribution in [2.24, 2.45) is 0 Å². The number of hydrogen-bond donors (Lipinski definition) is 2. The molecule has 0 saturated carbocycles. The summed E-state index contributed by atoms with van der Waals surface area (Å²) in [6.45, 7) is 3.09. The van der Waals surface area contributed by atoms with Crippen LogP contribution >= 0.6 is 11.3 Å². The number of nitrogens with zero attached hydrogens (tertiary/aromatic N) is 1. The number of fused-ring (bicyclic) bond motifs is 1. The Bertz CT molecular complexity index is 1040. The van der Waals surface area contributed by atoms with Crippen LogP contribution in [0.5, 0.6) is 5.75 Å². The number of rotatable bonds is 8. The maximum atomic E-state index is 10.6. The Morgan fingerprint density at radius 1 is 1.14 bits per heavy atom. The van der Waals surface area contributed by atoms with Crippen molar-refractivity contribution in [1.29, 1.82) is 0 Å². The number of aliphatic hydroxyl groups is 1. The SMILES string of the molecule is CC(O)(CNCc1ccccc1)COc1cccc(-c2noc3ccsc23)c1. The molecule has 5 nitrogen and oxygen atoms in total. The highest BCUT2D eigenvalue weighted by atomic mass is 32.1. The lowest BCUT2D eigenvalue weighted by molar-refractivity contribution is 0.0121. The fraction of sp³-hybridized carbons (Fsp3) is 0.227. The second-order valence-electron chi connectivity index (χ2n) is 7.05. The minimum atomic E-state index is -0.986. The number of nitrogens with one attached hydrogen (secondary N) is 1. The van der Waals surface area contributed by atoms with Crippen LogP contribution in [0.25, 0.3) is 21.5 Å². The average molecular weight is 394 g/mol. The normalized spacial score (nSPS) is 13.5. The molecule has 0 radical (unpaired) electrons. The van der Waals surface area contributed by atoms with Gasteiger partial charge in [0.15, 0.2) is 5.58 Å². The van der Waals surface area contributed by atoms with Crippen LogP contribution in [0.1, 0.15) is 12.5 Å². The van der Waals surface area contributed by atoms with Crippen molar-refractivity contribution >= 4 is 21.6 Å². The van der Waals surface area contributed by atoms with Crippen molar-refractivity contribution in [3.63, 3.8) is 0 Å². The number of thiophene rings is 1. The fourth-order valence-corrected chi connectivity index (χ4v) is 3.77. The van der Waals surface area contributed by atoms with Crippen molar-refractivity contribution in [1.82, 2.24) is 10.5 Å². The molecular weight excluding hydrogens is 372 g/mol. The predicted octanol–water partition coefficient (Wildman–Crippen LogP) is 4.48. The lowest BCUT2D eigenvalue weighted by Crippen LogP contribution is -2.42. The van der Waals surface area contributed by atoms with Crippen LogP contribution in [0, 0.1) is 0 Å². The lowest BCUT2D eigenvalue weighted by Gasteiger charge is -2.24. The van der Waals surface area contributed by atoms with Crippen LogP contribution in [0.4, 0.5) is 0 Å². The van der Waals surface area contributed by atoms with Gasteiger partial charge in [0.25, 0.3) is 0 Å². The Morgan fingerprint density at radius 3 is 2.86 bits per heavy atom. The molecule has 0 fully saturated rings. The molecule has 0 aliphatic heterocycles. The van der Waals surface area contributed by atoms with Gasteiger partial charge in [0.05, 0.1) is 0 Å². The molecule has 4 rings (SSSR count). The Hall–Kier alpha value is -2.67. The topological polar surface area (TPSA) is 67.5 Å². The smallest absolute Gasteiger partial charge is 0.178 e. The highest BCUT2D eigenvalue weighted by molar-refractivity contribution is 7.17. The van der Waals surface area contributed by atoms with Gasteiger partial charge < -0.3 is 19.7 Å². The third kappa shape index (κ3) is 4.42.